The van der Waals surface area contributed by atoms with Crippen molar-refractivity contribution in [1.82, 2.24) is 14.5 Å². The van der Waals surface area contributed by atoms with Crippen LogP contribution in [-0.2, 0) is 7.05 Å². The molecule has 1 aromatic heterocycles. The number of anilines is 1. The van der Waals surface area contributed by atoms with E-state index in [9.17, 15) is 0 Å². The van der Waals surface area contributed by atoms with Gasteiger partial charge in [0.2, 0.25) is 5.95 Å². The predicted octanol–water partition coefficient (Wildman–Crippen LogP) is 1.23. The van der Waals surface area contributed by atoms with Crippen molar-refractivity contribution < 1.29 is 0 Å². The molecule has 0 aliphatic carbocycles. The topological polar surface area (TPSA) is 33.1 Å². The zero-order valence-corrected chi connectivity index (χ0v) is 9.82. The molecule has 1 unspecified atom stereocenters. The lowest BCUT2D eigenvalue weighted by Gasteiger charge is -2.30. The molecule has 1 atom stereocenters. The Morgan fingerprint density at radius 2 is 2.27 bits per heavy atom. The van der Waals surface area contributed by atoms with Crippen molar-refractivity contribution in [2.75, 3.05) is 25.5 Å². The number of nitrogens with one attached hydrogen (secondary N) is 1. The zero-order chi connectivity index (χ0) is 10.8. The normalized spacial score (nSPS) is 23.0. The van der Waals surface area contributed by atoms with E-state index in [4.69, 9.17) is 0 Å². The summed E-state index contributed by atoms with van der Waals surface area (Å²) in [4.78, 5) is 6.83. The molecule has 2 rings (SSSR count). The minimum absolute atomic E-state index is 0.546. The minimum Gasteiger partial charge on any atom is -0.352 e. The highest BCUT2D eigenvalue weighted by Crippen LogP contribution is 2.14. The van der Waals surface area contributed by atoms with Gasteiger partial charge in [0.15, 0.2) is 0 Å². The van der Waals surface area contributed by atoms with Crippen LogP contribution < -0.4 is 5.32 Å². The van der Waals surface area contributed by atoms with Gasteiger partial charge < -0.3 is 14.8 Å². The van der Waals surface area contributed by atoms with E-state index >= 15 is 0 Å². The summed E-state index contributed by atoms with van der Waals surface area (Å²) >= 11 is 0. The molecule has 84 valence electrons. The second-order valence-electron chi connectivity index (χ2n) is 4.56. The lowest BCUT2D eigenvalue weighted by atomic mass is 10.1. The van der Waals surface area contributed by atoms with Crippen molar-refractivity contribution in [3.05, 3.63) is 11.9 Å². The highest BCUT2D eigenvalue weighted by molar-refractivity contribution is 5.30. The Morgan fingerprint density at radius 3 is 2.87 bits per heavy atom. The number of likely N-dealkylation sites (N-methyl/N-ethyl adjacent to an activating group) is 1. The Hall–Kier alpha value is -1.03. The van der Waals surface area contributed by atoms with Gasteiger partial charge in [-0.2, -0.15) is 0 Å². The summed E-state index contributed by atoms with van der Waals surface area (Å²) in [5, 5.41) is 3.51. The van der Waals surface area contributed by atoms with Gasteiger partial charge in [0.05, 0.1) is 5.69 Å². The van der Waals surface area contributed by atoms with Gasteiger partial charge in [-0.05, 0) is 33.4 Å². The van der Waals surface area contributed by atoms with Crippen molar-refractivity contribution in [2.45, 2.75) is 25.8 Å². The third kappa shape index (κ3) is 2.50. The van der Waals surface area contributed by atoms with Crippen LogP contribution in [0.5, 0.6) is 0 Å². The van der Waals surface area contributed by atoms with Crippen molar-refractivity contribution in [2.24, 2.45) is 7.05 Å². The van der Waals surface area contributed by atoms with Crippen LogP contribution in [0.3, 0.4) is 0 Å². The van der Waals surface area contributed by atoms with Crippen molar-refractivity contribution in [3.8, 4) is 0 Å². The van der Waals surface area contributed by atoms with Gasteiger partial charge in [0, 0.05) is 25.8 Å². The average Bonchev–Trinajstić information content (AvgIpc) is 2.45. The summed E-state index contributed by atoms with van der Waals surface area (Å²) in [5.74, 6) is 0.993. The van der Waals surface area contributed by atoms with Crippen LogP contribution in [0.25, 0.3) is 0 Å². The van der Waals surface area contributed by atoms with E-state index in [1.54, 1.807) is 0 Å². The molecule has 1 N–H and O–H groups in total. The summed E-state index contributed by atoms with van der Waals surface area (Å²) in [5.41, 5.74) is 1.07. The number of hydrogen-bond acceptors (Lipinski definition) is 3. The molecule has 0 amide bonds. The molecule has 15 heavy (non-hydrogen) atoms. The molecule has 0 saturated carbocycles. The molecule has 2 heterocycles. The summed E-state index contributed by atoms with van der Waals surface area (Å²) < 4.78 is 2.06. The van der Waals surface area contributed by atoms with Gasteiger partial charge in [0.25, 0.3) is 0 Å². The van der Waals surface area contributed by atoms with Crippen molar-refractivity contribution >= 4 is 5.95 Å². The Morgan fingerprint density at radius 1 is 1.47 bits per heavy atom. The molecule has 0 spiro atoms. The fraction of sp³-hybridized carbons (Fsp3) is 0.727. The first-order valence-electron chi connectivity index (χ1n) is 5.60. The molecule has 0 aromatic carbocycles. The molecule has 0 radical (unpaired) electrons. The first-order chi connectivity index (χ1) is 7.15. The van der Waals surface area contributed by atoms with Crippen LogP contribution in [0.1, 0.15) is 18.5 Å². The number of imidazole rings is 1. The van der Waals surface area contributed by atoms with Gasteiger partial charge in [-0.15, -0.1) is 0 Å². The number of aromatic nitrogens is 2. The quantitative estimate of drug-likeness (QED) is 0.793. The van der Waals surface area contributed by atoms with Gasteiger partial charge in [-0.1, -0.05) is 0 Å². The lowest BCUT2D eigenvalue weighted by Crippen LogP contribution is -2.40. The zero-order valence-electron chi connectivity index (χ0n) is 9.82. The van der Waals surface area contributed by atoms with E-state index < -0.39 is 0 Å². The third-order valence-electron chi connectivity index (χ3n) is 2.95. The van der Waals surface area contributed by atoms with Crippen LogP contribution in [0.15, 0.2) is 6.20 Å². The summed E-state index contributed by atoms with van der Waals surface area (Å²) in [6.45, 7) is 4.36. The molecule has 1 saturated heterocycles. The molecule has 1 aliphatic heterocycles. The van der Waals surface area contributed by atoms with E-state index in [-0.39, 0.29) is 0 Å². The number of nitrogens with zero attached hydrogens (tertiary/aromatic N) is 3. The number of rotatable bonds is 2. The van der Waals surface area contributed by atoms with E-state index in [2.05, 4.69) is 33.0 Å². The Bertz CT molecular complexity index is 331. The molecule has 1 fully saturated rings. The number of likely N-dealkylation sites (tertiary alicyclic amines) is 1. The number of hydrogen-bond donors (Lipinski definition) is 1. The second kappa shape index (κ2) is 4.23. The fourth-order valence-electron chi connectivity index (χ4n) is 2.22. The monoisotopic (exact) mass is 208 g/mol. The Labute approximate surface area is 91.3 Å². The van der Waals surface area contributed by atoms with Crippen LogP contribution in [-0.4, -0.2) is 40.6 Å². The first-order valence-corrected chi connectivity index (χ1v) is 5.60. The van der Waals surface area contributed by atoms with E-state index in [0.717, 1.165) is 18.2 Å². The second-order valence-corrected chi connectivity index (χ2v) is 4.56. The van der Waals surface area contributed by atoms with Crippen LogP contribution in [0, 0.1) is 6.92 Å². The smallest absolute Gasteiger partial charge is 0.203 e. The van der Waals surface area contributed by atoms with Crippen LogP contribution in [0.2, 0.25) is 0 Å². The van der Waals surface area contributed by atoms with E-state index in [1.165, 1.54) is 19.4 Å². The Balaban J connectivity index is 1.99. The van der Waals surface area contributed by atoms with Crippen LogP contribution >= 0.6 is 0 Å². The predicted molar refractivity (Wildman–Crippen MR) is 62.1 cm³/mol. The fourth-order valence-corrected chi connectivity index (χ4v) is 2.22. The van der Waals surface area contributed by atoms with Gasteiger partial charge in [-0.3, -0.25) is 0 Å². The molecular formula is C11H20N4. The average molecular weight is 208 g/mol. The maximum Gasteiger partial charge on any atom is 0.203 e. The van der Waals surface area contributed by atoms with Crippen molar-refractivity contribution in [1.29, 1.82) is 0 Å². The summed E-state index contributed by atoms with van der Waals surface area (Å²) in [7, 11) is 4.21. The maximum atomic E-state index is 4.46. The first kappa shape index (κ1) is 10.5. The van der Waals surface area contributed by atoms with Crippen molar-refractivity contribution in [3.63, 3.8) is 0 Å². The Kier molecular flexibility index (Phi) is 2.95. The summed E-state index contributed by atoms with van der Waals surface area (Å²) in [6.07, 6.45) is 4.57. The van der Waals surface area contributed by atoms with Gasteiger partial charge >= 0.3 is 0 Å². The van der Waals surface area contributed by atoms with Gasteiger partial charge in [0.1, 0.15) is 0 Å². The molecule has 4 nitrogen and oxygen atoms in total. The third-order valence-corrected chi connectivity index (χ3v) is 2.95. The SMILES string of the molecule is Cc1cn(C)c(NC2CCCN(C)C2)n1. The lowest BCUT2D eigenvalue weighted by molar-refractivity contribution is 0.260. The molecule has 0 bridgehead atoms. The summed E-state index contributed by atoms with van der Waals surface area (Å²) in [6, 6.07) is 0.546. The largest absolute Gasteiger partial charge is 0.352 e. The molecule has 4 heteroatoms. The molecule has 1 aliphatic rings. The molecule has 1 aromatic rings. The van der Waals surface area contributed by atoms with E-state index in [0.29, 0.717) is 6.04 Å². The molecular weight excluding hydrogens is 188 g/mol. The maximum absolute atomic E-state index is 4.46. The highest BCUT2D eigenvalue weighted by Gasteiger charge is 2.18. The standard InChI is InChI=1S/C11H20N4/c1-9-7-15(3)11(12-9)13-10-5-4-6-14(2)8-10/h7,10H,4-6,8H2,1-3H3,(H,12,13). The highest BCUT2D eigenvalue weighted by atomic mass is 15.2. The number of piperidine rings is 1. The van der Waals surface area contributed by atoms with E-state index in [1.807, 2.05) is 14.0 Å². The minimum atomic E-state index is 0.546. The number of aryl methyl sites for hydroxylation is 2. The van der Waals surface area contributed by atoms with Gasteiger partial charge in [-0.25, -0.2) is 4.98 Å². The van der Waals surface area contributed by atoms with Crippen LogP contribution in [0.4, 0.5) is 5.95 Å².